The number of anilines is 1. The van der Waals surface area contributed by atoms with Gasteiger partial charge in [0.15, 0.2) is 0 Å². The molecule has 104 valence electrons. The Bertz CT molecular complexity index is 468. The number of nitrogens with one attached hydrogen (secondary N) is 1. The number of hydrogen-bond acceptors (Lipinski definition) is 4. The molecule has 2 rings (SSSR count). The number of nitrogens with zero attached hydrogens (tertiary/aromatic N) is 1. The zero-order valence-corrected chi connectivity index (χ0v) is 11.4. The summed E-state index contributed by atoms with van der Waals surface area (Å²) >= 11 is 0. The summed E-state index contributed by atoms with van der Waals surface area (Å²) in [7, 11) is 0. The van der Waals surface area contributed by atoms with Crippen LogP contribution in [-0.2, 0) is 4.74 Å². The Balaban J connectivity index is 2.11. The minimum Gasteiger partial charge on any atom is -0.381 e. The lowest BCUT2D eigenvalue weighted by molar-refractivity contribution is -0.384. The highest BCUT2D eigenvalue weighted by atomic mass is 16.6. The van der Waals surface area contributed by atoms with Gasteiger partial charge in [-0.1, -0.05) is 19.1 Å². The molecule has 0 spiro atoms. The maximum absolute atomic E-state index is 11.1. The highest BCUT2D eigenvalue weighted by Gasteiger charge is 2.28. The van der Waals surface area contributed by atoms with E-state index < -0.39 is 0 Å². The van der Waals surface area contributed by atoms with Crippen LogP contribution < -0.4 is 5.32 Å². The highest BCUT2D eigenvalue weighted by molar-refractivity contribution is 5.65. The average molecular weight is 264 g/mol. The molecule has 0 amide bonds. The van der Waals surface area contributed by atoms with Gasteiger partial charge in [-0.05, 0) is 31.2 Å². The van der Waals surface area contributed by atoms with Crippen molar-refractivity contribution in [1.82, 2.24) is 0 Å². The fourth-order valence-electron chi connectivity index (χ4n) is 2.39. The summed E-state index contributed by atoms with van der Waals surface area (Å²) in [4.78, 5) is 10.8. The Labute approximate surface area is 113 Å². The molecule has 1 aromatic carbocycles. The summed E-state index contributed by atoms with van der Waals surface area (Å²) < 4.78 is 5.36. The van der Waals surface area contributed by atoms with Gasteiger partial charge in [0.2, 0.25) is 0 Å². The SMILES string of the molecule is Cc1cccc(NCC2(C)CCOCC2)c1[N+](=O)[O-]. The molecule has 1 aliphatic rings. The molecule has 0 radical (unpaired) electrons. The molecule has 19 heavy (non-hydrogen) atoms. The largest absolute Gasteiger partial charge is 0.381 e. The second-order valence-electron chi connectivity index (χ2n) is 5.50. The molecule has 0 saturated carbocycles. The Morgan fingerprint density at radius 2 is 2.11 bits per heavy atom. The second kappa shape index (κ2) is 5.57. The van der Waals surface area contributed by atoms with E-state index in [-0.39, 0.29) is 16.0 Å². The van der Waals surface area contributed by atoms with Crippen molar-refractivity contribution < 1.29 is 9.66 Å². The first-order valence-corrected chi connectivity index (χ1v) is 6.57. The van der Waals surface area contributed by atoms with Gasteiger partial charge in [0.25, 0.3) is 5.69 Å². The van der Waals surface area contributed by atoms with Crippen LogP contribution in [0.15, 0.2) is 18.2 Å². The van der Waals surface area contributed by atoms with Gasteiger partial charge in [0.05, 0.1) is 4.92 Å². The molecule has 1 aliphatic heterocycles. The lowest BCUT2D eigenvalue weighted by atomic mass is 9.82. The Morgan fingerprint density at radius 1 is 1.42 bits per heavy atom. The van der Waals surface area contributed by atoms with Crippen LogP contribution in [0.3, 0.4) is 0 Å². The third kappa shape index (κ3) is 3.23. The topological polar surface area (TPSA) is 64.4 Å². The van der Waals surface area contributed by atoms with Crippen molar-refractivity contribution in [2.75, 3.05) is 25.1 Å². The van der Waals surface area contributed by atoms with E-state index in [1.165, 1.54) is 0 Å². The molecule has 5 heteroatoms. The number of para-hydroxylation sites is 1. The smallest absolute Gasteiger partial charge is 0.295 e. The van der Waals surface area contributed by atoms with E-state index in [1.54, 1.807) is 19.1 Å². The summed E-state index contributed by atoms with van der Waals surface area (Å²) in [6, 6.07) is 5.38. The van der Waals surface area contributed by atoms with Crippen molar-refractivity contribution in [2.45, 2.75) is 26.7 Å². The van der Waals surface area contributed by atoms with Crippen molar-refractivity contribution in [2.24, 2.45) is 5.41 Å². The molecule has 1 aromatic rings. The van der Waals surface area contributed by atoms with Gasteiger partial charge in [-0.3, -0.25) is 10.1 Å². The van der Waals surface area contributed by atoms with E-state index in [1.807, 2.05) is 6.07 Å². The van der Waals surface area contributed by atoms with Crippen LogP contribution in [0.2, 0.25) is 0 Å². The molecule has 1 saturated heterocycles. The van der Waals surface area contributed by atoms with Gasteiger partial charge < -0.3 is 10.1 Å². The molecule has 1 fully saturated rings. The van der Waals surface area contributed by atoms with Crippen LogP contribution in [-0.4, -0.2) is 24.7 Å². The number of hydrogen-bond donors (Lipinski definition) is 1. The van der Waals surface area contributed by atoms with Gasteiger partial charge in [-0.2, -0.15) is 0 Å². The van der Waals surface area contributed by atoms with Crippen LogP contribution in [0.1, 0.15) is 25.3 Å². The molecule has 0 unspecified atom stereocenters. The Kier molecular flexibility index (Phi) is 4.04. The van der Waals surface area contributed by atoms with Crippen LogP contribution >= 0.6 is 0 Å². The first-order valence-electron chi connectivity index (χ1n) is 6.57. The van der Waals surface area contributed by atoms with Crippen LogP contribution in [0.5, 0.6) is 0 Å². The molecular weight excluding hydrogens is 244 g/mol. The minimum absolute atomic E-state index is 0.149. The summed E-state index contributed by atoms with van der Waals surface area (Å²) in [5.74, 6) is 0. The second-order valence-corrected chi connectivity index (χ2v) is 5.50. The molecule has 5 nitrogen and oxygen atoms in total. The van der Waals surface area contributed by atoms with E-state index in [0.29, 0.717) is 11.3 Å². The lowest BCUT2D eigenvalue weighted by Gasteiger charge is -2.33. The van der Waals surface area contributed by atoms with E-state index in [2.05, 4.69) is 12.2 Å². The number of nitro groups is 1. The number of rotatable bonds is 4. The summed E-state index contributed by atoms with van der Waals surface area (Å²) in [6.45, 7) is 6.24. The molecule has 1 heterocycles. The zero-order chi connectivity index (χ0) is 13.9. The summed E-state index contributed by atoms with van der Waals surface area (Å²) in [6.07, 6.45) is 1.97. The monoisotopic (exact) mass is 264 g/mol. The predicted octanol–water partition coefficient (Wildman–Crippen LogP) is 3.13. The van der Waals surface area contributed by atoms with Gasteiger partial charge in [0, 0.05) is 25.3 Å². The zero-order valence-electron chi connectivity index (χ0n) is 11.4. The number of aryl methyl sites for hydroxylation is 1. The van der Waals surface area contributed by atoms with E-state index in [4.69, 9.17) is 4.74 Å². The molecular formula is C14H20N2O3. The van der Waals surface area contributed by atoms with Crippen LogP contribution in [0.25, 0.3) is 0 Å². The fourth-order valence-corrected chi connectivity index (χ4v) is 2.39. The van der Waals surface area contributed by atoms with Gasteiger partial charge >= 0.3 is 0 Å². The van der Waals surface area contributed by atoms with E-state index in [9.17, 15) is 10.1 Å². The lowest BCUT2D eigenvalue weighted by Crippen LogP contribution is -2.33. The molecule has 1 N–H and O–H groups in total. The summed E-state index contributed by atoms with van der Waals surface area (Å²) in [5, 5.41) is 14.4. The first kappa shape index (κ1) is 13.8. The Hall–Kier alpha value is -1.62. The van der Waals surface area contributed by atoms with E-state index >= 15 is 0 Å². The van der Waals surface area contributed by atoms with Crippen LogP contribution in [0.4, 0.5) is 11.4 Å². The quantitative estimate of drug-likeness (QED) is 0.670. The third-order valence-corrected chi connectivity index (χ3v) is 3.83. The van der Waals surface area contributed by atoms with Crippen molar-refractivity contribution in [3.05, 3.63) is 33.9 Å². The maximum atomic E-state index is 11.1. The van der Waals surface area contributed by atoms with Crippen molar-refractivity contribution in [3.8, 4) is 0 Å². The number of nitro benzene ring substituents is 1. The molecule has 0 aromatic heterocycles. The molecule has 0 aliphatic carbocycles. The van der Waals surface area contributed by atoms with Crippen LogP contribution in [0, 0.1) is 22.5 Å². The van der Waals surface area contributed by atoms with Gasteiger partial charge in [-0.15, -0.1) is 0 Å². The van der Waals surface area contributed by atoms with Crippen molar-refractivity contribution >= 4 is 11.4 Å². The molecule has 0 bridgehead atoms. The highest BCUT2D eigenvalue weighted by Crippen LogP contribution is 2.33. The third-order valence-electron chi connectivity index (χ3n) is 3.83. The fraction of sp³-hybridized carbons (Fsp3) is 0.571. The van der Waals surface area contributed by atoms with E-state index in [0.717, 1.165) is 32.6 Å². The van der Waals surface area contributed by atoms with Gasteiger partial charge in [-0.25, -0.2) is 0 Å². The van der Waals surface area contributed by atoms with Crippen molar-refractivity contribution in [1.29, 1.82) is 0 Å². The Morgan fingerprint density at radius 3 is 2.74 bits per heavy atom. The molecule has 0 atom stereocenters. The first-order chi connectivity index (χ1) is 9.02. The minimum atomic E-state index is -0.315. The van der Waals surface area contributed by atoms with Gasteiger partial charge in [0.1, 0.15) is 5.69 Å². The average Bonchev–Trinajstić information content (AvgIpc) is 2.37. The summed E-state index contributed by atoms with van der Waals surface area (Å²) in [5.41, 5.74) is 1.62. The maximum Gasteiger partial charge on any atom is 0.295 e. The number of benzene rings is 1. The van der Waals surface area contributed by atoms with Crippen molar-refractivity contribution in [3.63, 3.8) is 0 Å². The standard InChI is InChI=1S/C14H20N2O3/c1-11-4-3-5-12(13(11)16(17)18)15-10-14(2)6-8-19-9-7-14/h3-5,15H,6-10H2,1-2H3. The predicted molar refractivity (Wildman–Crippen MR) is 74.5 cm³/mol. The number of ether oxygens (including phenoxy) is 1. The normalized spacial score (nSPS) is 18.0.